The molecular weight excluding hydrogens is 152 g/mol. The number of nitrogens with zero attached hydrogens (tertiary/aromatic N) is 2. The average molecular weight is 167 g/mol. The molecule has 0 spiro atoms. The zero-order chi connectivity index (χ0) is 8.97. The first-order chi connectivity index (χ1) is 5.68. The van der Waals surface area contributed by atoms with E-state index in [1.54, 1.807) is 12.3 Å². The van der Waals surface area contributed by atoms with Crippen molar-refractivity contribution in [1.82, 2.24) is 4.90 Å². The normalized spacial score (nSPS) is 10.6. The molecule has 0 aliphatic heterocycles. The third-order valence-electron chi connectivity index (χ3n) is 1.65. The van der Waals surface area contributed by atoms with Gasteiger partial charge in [-0.2, -0.15) is 0 Å². The van der Waals surface area contributed by atoms with Crippen molar-refractivity contribution in [2.75, 3.05) is 20.6 Å². The Labute approximate surface area is 72.9 Å². The zero-order valence-corrected chi connectivity index (χ0v) is 7.57. The van der Waals surface area contributed by atoms with E-state index in [1.165, 1.54) is 0 Å². The van der Waals surface area contributed by atoms with Gasteiger partial charge < -0.3 is 10.0 Å². The first-order valence-corrected chi connectivity index (χ1v) is 4.01. The number of aromatic nitrogens is 1. The summed E-state index contributed by atoms with van der Waals surface area (Å²) in [6, 6.07) is 3.51. The minimum atomic E-state index is 0.316. The molecule has 12 heavy (non-hydrogen) atoms. The van der Waals surface area contributed by atoms with Gasteiger partial charge in [-0.15, -0.1) is 0 Å². The molecule has 1 aromatic rings. The van der Waals surface area contributed by atoms with E-state index in [4.69, 9.17) is 5.11 Å². The Morgan fingerprint density at radius 2 is 2.25 bits per heavy atom. The first-order valence-electron chi connectivity index (χ1n) is 4.01. The molecule has 0 saturated carbocycles. The van der Waals surface area contributed by atoms with Crippen LogP contribution < -0.4 is 4.57 Å². The highest BCUT2D eigenvalue weighted by Gasteiger charge is 2.01. The second-order valence-electron chi connectivity index (χ2n) is 3.10. The van der Waals surface area contributed by atoms with Crippen LogP contribution in [0.2, 0.25) is 0 Å². The third kappa shape index (κ3) is 2.88. The van der Waals surface area contributed by atoms with Gasteiger partial charge in [-0.3, -0.25) is 0 Å². The van der Waals surface area contributed by atoms with Crippen molar-refractivity contribution in [3.05, 3.63) is 24.5 Å². The fraction of sp³-hybridized carbons (Fsp3) is 0.444. The highest BCUT2D eigenvalue weighted by molar-refractivity contribution is 5.09. The highest BCUT2D eigenvalue weighted by atomic mass is 16.3. The maximum absolute atomic E-state index is 9.14. The van der Waals surface area contributed by atoms with Crippen molar-refractivity contribution in [3.8, 4) is 5.75 Å². The van der Waals surface area contributed by atoms with Crippen LogP contribution in [-0.4, -0.2) is 30.6 Å². The summed E-state index contributed by atoms with van der Waals surface area (Å²) in [6.07, 6.45) is 3.67. The Morgan fingerprint density at radius 1 is 1.50 bits per heavy atom. The van der Waals surface area contributed by atoms with Gasteiger partial charge in [0.15, 0.2) is 18.5 Å². The van der Waals surface area contributed by atoms with E-state index >= 15 is 0 Å². The monoisotopic (exact) mass is 167 g/mol. The second-order valence-corrected chi connectivity index (χ2v) is 3.10. The average Bonchev–Trinajstić information content (AvgIpc) is 2.01. The van der Waals surface area contributed by atoms with Gasteiger partial charge in [-0.25, -0.2) is 4.57 Å². The predicted octanol–water partition coefficient (Wildman–Crippen LogP) is 0.241. The molecule has 3 heteroatoms. The van der Waals surface area contributed by atoms with Gasteiger partial charge in [-0.05, 0) is 20.2 Å². The van der Waals surface area contributed by atoms with Crippen LogP contribution in [0.25, 0.3) is 0 Å². The quantitative estimate of drug-likeness (QED) is 0.653. The molecule has 1 aromatic heterocycles. The summed E-state index contributed by atoms with van der Waals surface area (Å²) >= 11 is 0. The van der Waals surface area contributed by atoms with Gasteiger partial charge in [0.25, 0.3) is 0 Å². The van der Waals surface area contributed by atoms with Crippen LogP contribution in [0.4, 0.5) is 0 Å². The van der Waals surface area contributed by atoms with Crippen LogP contribution in [0.15, 0.2) is 24.5 Å². The molecule has 1 heterocycles. The van der Waals surface area contributed by atoms with Gasteiger partial charge in [0.2, 0.25) is 6.20 Å². The molecule has 3 nitrogen and oxygen atoms in total. The van der Waals surface area contributed by atoms with Crippen LogP contribution in [0.3, 0.4) is 0 Å². The lowest BCUT2D eigenvalue weighted by Gasteiger charge is -2.05. The highest BCUT2D eigenvalue weighted by Crippen LogP contribution is 1.99. The van der Waals surface area contributed by atoms with Crippen LogP contribution in [-0.2, 0) is 6.54 Å². The molecule has 0 unspecified atom stereocenters. The van der Waals surface area contributed by atoms with Gasteiger partial charge in [0.1, 0.15) is 0 Å². The van der Waals surface area contributed by atoms with Crippen molar-refractivity contribution in [2.24, 2.45) is 0 Å². The number of likely N-dealkylation sites (N-methyl/N-ethyl adjacent to an activating group) is 1. The standard InChI is InChI=1S/C9H14N2O/c1-10(2)6-7-11-5-3-4-9(12)8-11/h3-5,8H,6-7H2,1-2H3/p+1. The lowest BCUT2D eigenvalue weighted by molar-refractivity contribution is -0.696. The molecule has 0 aliphatic rings. The molecule has 0 fully saturated rings. The molecule has 0 radical (unpaired) electrons. The maximum Gasteiger partial charge on any atom is 0.210 e. The summed E-state index contributed by atoms with van der Waals surface area (Å²) in [6.45, 7) is 1.88. The molecule has 0 atom stereocenters. The first kappa shape index (κ1) is 9.00. The fourth-order valence-corrected chi connectivity index (χ4v) is 0.963. The number of hydrogen-bond donors (Lipinski definition) is 1. The Hall–Kier alpha value is -1.09. The Morgan fingerprint density at radius 3 is 2.83 bits per heavy atom. The summed E-state index contributed by atoms with van der Waals surface area (Å²) in [5, 5.41) is 9.14. The lowest BCUT2D eigenvalue weighted by Crippen LogP contribution is -2.37. The predicted molar refractivity (Wildman–Crippen MR) is 46.9 cm³/mol. The molecule has 0 aliphatic carbocycles. The van der Waals surface area contributed by atoms with Crippen LogP contribution in [0.1, 0.15) is 0 Å². The van der Waals surface area contributed by atoms with E-state index < -0.39 is 0 Å². The molecular formula is C9H15N2O+. The van der Waals surface area contributed by atoms with E-state index in [2.05, 4.69) is 4.90 Å². The molecule has 0 saturated heterocycles. The molecule has 0 amide bonds. The lowest BCUT2D eigenvalue weighted by atomic mass is 10.4. The summed E-state index contributed by atoms with van der Waals surface area (Å²) in [4.78, 5) is 2.11. The smallest absolute Gasteiger partial charge is 0.210 e. The van der Waals surface area contributed by atoms with E-state index in [0.29, 0.717) is 5.75 Å². The molecule has 1 rings (SSSR count). The van der Waals surface area contributed by atoms with Gasteiger partial charge in [-0.1, -0.05) is 0 Å². The van der Waals surface area contributed by atoms with Crippen molar-refractivity contribution in [2.45, 2.75) is 6.54 Å². The van der Waals surface area contributed by atoms with Crippen molar-refractivity contribution in [3.63, 3.8) is 0 Å². The maximum atomic E-state index is 9.14. The van der Waals surface area contributed by atoms with Crippen LogP contribution in [0, 0.1) is 0 Å². The summed E-state index contributed by atoms with van der Waals surface area (Å²) in [5.74, 6) is 0.316. The number of rotatable bonds is 3. The summed E-state index contributed by atoms with van der Waals surface area (Å²) in [5.41, 5.74) is 0. The van der Waals surface area contributed by atoms with Crippen LogP contribution >= 0.6 is 0 Å². The van der Waals surface area contributed by atoms with E-state index in [9.17, 15) is 0 Å². The van der Waals surface area contributed by atoms with Crippen molar-refractivity contribution in [1.29, 1.82) is 0 Å². The van der Waals surface area contributed by atoms with E-state index in [1.807, 2.05) is 30.9 Å². The van der Waals surface area contributed by atoms with Gasteiger partial charge in [0.05, 0.1) is 6.54 Å². The molecule has 66 valence electrons. The molecule has 0 aromatic carbocycles. The van der Waals surface area contributed by atoms with E-state index in [-0.39, 0.29) is 0 Å². The van der Waals surface area contributed by atoms with Crippen LogP contribution in [0.5, 0.6) is 5.75 Å². The van der Waals surface area contributed by atoms with E-state index in [0.717, 1.165) is 13.1 Å². The number of pyridine rings is 1. The minimum absolute atomic E-state index is 0.316. The largest absolute Gasteiger partial charge is 0.503 e. The van der Waals surface area contributed by atoms with Crippen molar-refractivity contribution < 1.29 is 9.67 Å². The Kier molecular flexibility index (Phi) is 3.05. The second kappa shape index (κ2) is 4.07. The number of hydrogen-bond acceptors (Lipinski definition) is 2. The van der Waals surface area contributed by atoms with Gasteiger partial charge >= 0.3 is 0 Å². The molecule has 0 bridgehead atoms. The topological polar surface area (TPSA) is 27.4 Å². The fourth-order valence-electron chi connectivity index (χ4n) is 0.963. The Bertz CT molecular complexity index is 248. The Balaban J connectivity index is 2.52. The SMILES string of the molecule is CN(C)CC[n+]1cccc(O)c1. The molecule has 1 N–H and O–H groups in total. The summed E-state index contributed by atoms with van der Waals surface area (Å²) in [7, 11) is 4.06. The number of aromatic hydroxyl groups is 1. The third-order valence-corrected chi connectivity index (χ3v) is 1.65. The van der Waals surface area contributed by atoms with Crippen molar-refractivity contribution >= 4 is 0 Å². The summed E-state index contributed by atoms with van der Waals surface area (Å²) < 4.78 is 1.97. The minimum Gasteiger partial charge on any atom is -0.503 e. The van der Waals surface area contributed by atoms with Gasteiger partial charge in [0, 0.05) is 6.07 Å². The zero-order valence-electron chi connectivity index (χ0n) is 7.57.